The highest BCUT2D eigenvalue weighted by Crippen LogP contribution is 2.17. The predicted octanol–water partition coefficient (Wildman–Crippen LogP) is 2.32. The molecule has 118 valence electrons. The van der Waals surface area contributed by atoms with E-state index in [2.05, 4.69) is 5.32 Å². The molecular weight excluding hydrogens is 282 g/mol. The number of aliphatic hydroxyl groups is 1. The summed E-state index contributed by atoms with van der Waals surface area (Å²) in [7, 11) is 1.62. The minimum Gasteiger partial charge on any atom is -0.497 e. The summed E-state index contributed by atoms with van der Waals surface area (Å²) in [5.74, 6) is 1.01. The minimum absolute atomic E-state index is 0.119. The Balaban J connectivity index is 1.93. The molecule has 0 aliphatic rings. The average Bonchev–Trinajstić information content (AvgIpc) is 3.07. The number of hydrogen-bond acceptors (Lipinski definition) is 4. The first-order chi connectivity index (χ1) is 10.6. The Morgan fingerprint density at radius 1 is 1.32 bits per heavy atom. The van der Waals surface area contributed by atoms with Crippen molar-refractivity contribution in [1.82, 2.24) is 5.32 Å². The van der Waals surface area contributed by atoms with Crippen LogP contribution in [0.2, 0.25) is 0 Å². The molecule has 5 nitrogen and oxygen atoms in total. The molecule has 0 saturated carbocycles. The number of aliphatic hydroxyl groups excluding tert-OH is 1. The summed E-state index contributed by atoms with van der Waals surface area (Å²) in [6.07, 6.45) is 2.14. The highest BCUT2D eigenvalue weighted by atomic mass is 16.5. The molecule has 1 aromatic carbocycles. The lowest BCUT2D eigenvalue weighted by Gasteiger charge is -2.18. The second-order valence-corrected chi connectivity index (χ2v) is 5.21. The molecule has 0 fully saturated rings. The summed E-state index contributed by atoms with van der Waals surface area (Å²) < 4.78 is 10.3. The molecule has 22 heavy (non-hydrogen) atoms. The van der Waals surface area contributed by atoms with Gasteiger partial charge in [0.05, 0.1) is 20.0 Å². The van der Waals surface area contributed by atoms with Crippen LogP contribution in [0.5, 0.6) is 5.75 Å². The molecule has 0 radical (unpaired) electrons. The van der Waals surface area contributed by atoms with Crippen molar-refractivity contribution in [2.45, 2.75) is 19.4 Å². The van der Waals surface area contributed by atoms with E-state index in [1.807, 2.05) is 31.2 Å². The van der Waals surface area contributed by atoms with Gasteiger partial charge in [-0.15, -0.1) is 0 Å². The van der Waals surface area contributed by atoms with Gasteiger partial charge in [0.2, 0.25) is 5.91 Å². The Bertz CT molecular complexity index is 577. The number of furan rings is 1. The maximum atomic E-state index is 12.2. The van der Waals surface area contributed by atoms with E-state index in [0.717, 1.165) is 11.3 Å². The number of methoxy groups -OCH3 is 1. The SMILES string of the molecule is COc1ccc(CC(C)C(=O)NC(CO)c2ccco2)cc1. The summed E-state index contributed by atoms with van der Waals surface area (Å²) in [5, 5.41) is 12.2. The number of amides is 1. The second kappa shape index (κ2) is 7.66. The van der Waals surface area contributed by atoms with E-state index < -0.39 is 6.04 Å². The van der Waals surface area contributed by atoms with E-state index in [1.54, 1.807) is 19.2 Å². The quantitative estimate of drug-likeness (QED) is 0.823. The van der Waals surface area contributed by atoms with Crippen LogP contribution in [0, 0.1) is 5.92 Å². The van der Waals surface area contributed by atoms with Gasteiger partial charge in [-0.2, -0.15) is 0 Å². The lowest BCUT2D eigenvalue weighted by atomic mass is 10.00. The minimum atomic E-state index is -0.513. The highest BCUT2D eigenvalue weighted by Gasteiger charge is 2.20. The molecule has 1 aromatic heterocycles. The van der Waals surface area contributed by atoms with Gasteiger partial charge in [-0.3, -0.25) is 4.79 Å². The van der Waals surface area contributed by atoms with Crippen molar-refractivity contribution in [3.63, 3.8) is 0 Å². The first-order valence-corrected chi connectivity index (χ1v) is 7.21. The highest BCUT2D eigenvalue weighted by molar-refractivity contribution is 5.79. The molecule has 1 heterocycles. The smallest absolute Gasteiger partial charge is 0.223 e. The van der Waals surface area contributed by atoms with Gasteiger partial charge >= 0.3 is 0 Å². The standard InChI is InChI=1S/C17H21NO4/c1-12(10-13-5-7-14(21-2)8-6-13)17(20)18-15(11-19)16-4-3-9-22-16/h3-9,12,15,19H,10-11H2,1-2H3,(H,18,20). The summed E-state index contributed by atoms with van der Waals surface area (Å²) in [6.45, 7) is 1.66. The van der Waals surface area contributed by atoms with E-state index in [-0.39, 0.29) is 18.4 Å². The van der Waals surface area contributed by atoms with Crippen molar-refractivity contribution in [2.24, 2.45) is 5.92 Å². The molecule has 2 rings (SSSR count). The van der Waals surface area contributed by atoms with E-state index in [1.165, 1.54) is 6.26 Å². The van der Waals surface area contributed by atoms with Crippen LogP contribution in [-0.2, 0) is 11.2 Å². The summed E-state index contributed by atoms with van der Waals surface area (Å²) in [4.78, 5) is 12.2. The number of ether oxygens (including phenoxy) is 1. The van der Waals surface area contributed by atoms with Crippen LogP contribution in [0.4, 0.5) is 0 Å². The third-order valence-electron chi connectivity index (χ3n) is 3.53. The fraction of sp³-hybridized carbons (Fsp3) is 0.353. The molecule has 2 unspecified atom stereocenters. The van der Waals surface area contributed by atoms with Crippen molar-refractivity contribution >= 4 is 5.91 Å². The fourth-order valence-electron chi connectivity index (χ4n) is 2.22. The number of hydrogen-bond donors (Lipinski definition) is 2. The lowest BCUT2D eigenvalue weighted by Crippen LogP contribution is -2.35. The van der Waals surface area contributed by atoms with Crippen molar-refractivity contribution < 1.29 is 19.1 Å². The summed E-state index contributed by atoms with van der Waals surface area (Å²) >= 11 is 0. The van der Waals surface area contributed by atoms with Gasteiger partial charge < -0.3 is 19.6 Å². The zero-order valence-electron chi connectivity index (χ0n) is 12.8. The van der Waals surface area contributed by atoms with Crippen molar-refractivity contribution in [1.29, 1.82) is 0 Å². The molecule has 1 amide bonds. The maximum Gasteiger partial charge on any atom is 0.223 e. The summed E-state index contributed by atoms with van der Waals surface area (Å²) in [6, 6.07) is 10.6. The molecule has 2 aromatic rings. The number of carbonyl (C=O) groups is 1. The van der Waals surface area contributed by atoms with E-state index in [0.29, 0.717) is 12.2 Å². The predicted molar refractivity (Wildman–Crippen MR) is 82.5 cm³/mol. The zero-order valence-corrected chi connectivity index (χ0v) is 12.8. The van der Waals surface area contributed by atoms with Crippen LogP contribution >= 0.6 is 0 Å². The van der Waals surface area contributed by atoms with Gasteiger partial charge in [-0.25, -0.2) is 0 Å². The largest absolute Gasteiger partial charge is 0.497 e. The van der Waals surface area contributed by atoms with E-state index >= 15 is 0 Å². The third-order valence-corrected chi connectivity index (χ3v) is 3.53. The van der Waals surface area contributed by atoms with Gasteiger partial charge in [-0.05, 0) is 36.2 Å². The Kier molecular flexibility index (Phi) is 5.61. The van der Waals surface area contributed by atoms with Crippen LogP contribution in [0.15, 0.2) is 47.1 Å². The van der Waals surface area contributed by atoms with E-state index in [4.69, 9.17) is 9.15 Å². The number of rotatable bonds is 7. The molecule has 0 aliphatic carbocycles. The van der Waals surface area contributed by atoms with Crippen LogP contribution in [0.25, 0.3) is 0 Å². The van der Waals surface area contributed by atoms with Crippen LogP contribution < -0.4 is 10.1 Å². The number of carbonyl (C=O) groups excluding carboxylic acids is 1. The van der Waals surface area contributed by atoms with Gasteiger partial charge in [0.25, 0.3) is 0 Å². The van der Waals surface area contributed by atoms with Gasteiger partial charge in [-0.1, -0.05) is 19.1 Å². The normalized spacial score (nSPS) is 13.4. The Morgan fingerprint density at radius 3 is 2.59 bits per heavy atom. The molecule has 0 saturated heterocycles. The van der Waals surface area contributed by atoms with Crippen LogP contribution in [0.3, 0.4) is 0 Å². The van der Waals surface area contributed by atoms with Gasteiger partial charge in [0.1, 0.15) is 17.6 Å². The van der Waals surface area contributed by atoms with Crippen molar-refractivity contribution in [2.75, 3.05) is 13.7 Å². The molecule has 0 aliphatic heterocycles. The fourth-order valence-corrected chi connectivity index (χ4v) is 2.22. The molecule has 0 bridgehead atoms. The topological polar surface area (TPSA) is 71.7 Å². The first-order valence-electron chi connectivity index (χ1n) is 7.21. The monoisotopic (exact) mass is 303 g/mol. The van der Waals surface area contributed by atoms with E-state index in [9.17, 15) is 9.90 Å². The average molecular weight is 303 g/mol. The third kappa shape index (κ3) is 4.11. The molecule has 5 heteroatoms. The maximum absolute atomic E-state index is 12.2. The molecule has 0 spiro atoms. The number of nitrogens with one attached hydrogen (secondary N) is 1. The molecule has 2 atom stereocenters. The lowest BCUT2D eigenvalue weighted by molar-refractivity contribution is -0.125. The van der Waals surface area contributed by atoms with Crippen molar-refractivity contribution in [3.8, 4) is 5.75 Å². The molecular formula is C17H21NO4. The van der Waals surface area contributed by atoms with Crippen molar-refractivity contribution in [3.05, 3.63) is 54.0 Å². The number of benzene rings is 1. The Labute approximate surface area is 129 Å². The zero-order chi connectivity index (χ0) is 15.9. The molecule has 2 N–H and O–H groups in total. The Hall–Kier alpha value is -2.27. The van der Waals surface area contributed by atoms with Gasteiger partial charge in [0.15, 0.2) is 0 Å². The first kappa shape index (κ1) is 16.1. The van der Waals surface area contributed by atoms with Gasteiger partial charge in [0, 0.05) is 5.92 Å². The summed E-state index contributed by atoms with van der Waals surface area (Å²) in [5.41, 5.74) is 1.06. The van der Waals surface area contributed by atoms with Crippen LogP contribution in [0.1, 0.15) is 24.3 Å². The second-order valence-electron chi connectivity index (χ2n) is 5.21. The Morgan fingerprint density at radius 2 is 2.05 bits per heavy atom. The van der Waals surface area contributed by atoms with Crippen LogP contribution in [-0.4, -0.2) is 24.7 Å².